The smallest absolute Gasteiger partial charge is 0.258 e. The summed E-state index contributed by atoms with van der Waals surface area (Å²) in [5.74, 6) is 0.499. The number of fused-ring (bicyclic) bond motifs is 1. The molecule has 0 radical (unpaired) electrons. The van der Waals surface area contributed by atoms with Crippen LogP contribution in [0.5, 0.6) is 5.75 Å². The summed E-state index contributed by atoms with van der Waals surface area (Å²) in [5.41, 5.74) is 2.88. The van der Waals surface area contributed by atoms with Crippen molar-refractivity contribution in [3.63, 3.8) is 0 Å². The SMILES string of the molecule is COc1ccc(-c2ccccc2)n2nc(NC(=O)c3cccc(Br)c3)nc12. The van der Waals surface area contributed by atoms with E-state index in [4.69, 9.17) is 4.74 Å². The Morgan fingerprint density at radius 2 is 1.89 bits per heavy atom. The summed E-state index contributed by atoms with van der Waals surface area (Å²) < 4.78 is 7.89. The number of rotatable bonds is 4. The predicted octanol–water partition coefficient (Wildman–Crippen LogP) is 4.42. The zero-order valence-electron chi connectivity index (χ0n) is 14.4. The van der Waals surface area contributed by atoms with Gasteiger partial charge in [-0.2, -0.15) is 4.98 Å². The first kappa shape index (κ1) is 17.2. The first-order valence-electron chi connectivity index (χ1n) is 8.22. The van der Waals surface area contributed by atoms with Gasteiger partial charge in [-0.3, -0.25) is 10.1 Å². The highest BCUT2D eigenvalue weighted by Gasteiger charge is 2.16. The van der Waals surface area contributed by atoms with Gasteiger partial charge < -0.3 is 4.74 Å². The molecule has 0 atom stereocenters. The molecule has 2 aromatic heterocycles. The molecule has 27 heavy (non-hydrogen) atoms. The van der Waals surface area contributed by atoms with Crippen molar-refractivity contribution >= 4 is 33.4 Å². The van der Waals surface area contributed by atoms with E-state index in [9.17, 15) is 4.79 Å². The molecule has 0 aliphatic heterocycles. The summed E-state index contributed by atoms with van der Waals surface area (Å²) >= 11 is 3.37. The van der Waals surface area contributed by atoms with Crippen LogP contribution in [0.15, 0.2) is 71.2 Å². The molecule has 134 valence electrons. The number of ether oxygens (including phenoxy) is 1. The summed E-state index contributed by atoms with van der Waals surface area (Å²) in [6.45, 7) is 0. The van der Waals surface area contributed by atoms with E-state index in [0.29, 0.717) is 17.0 Å². The number of hydrogen-bond acceptors (Lipinski definition) is 4. The summed E-state index contributed by atoms with van der Waals surface area (Å²) in [6.07, 6.45) is 0. The highest BCUT2D eigenvalue weighted by Crippen LogP contribution is 2.27. The maximum Gasteiger partial charge on any atom is 0.258 e. The topological polar surface area (TPSA) is 68.5 Å². The van der Waals surface area contributed by atoms with Gasteiger partial charge in [0.15, 0.2) is 11.4 Å². The number of methoxy groups -OCH3 is 1. The van der Waals surface area contributed by atoms with Crippen LogP contribution in [-0.2, 0) is 0 Å². The molecule has 1 N–H and O–H groups in total. The third-order valence-corrected chi connectivity index (χ3v) is 4.54. The first-order valence-corrected chi connectivity index (χ1v) is 9.01. The summed E-state index contributed by atoms with van der Waals surface area (Å²) in [7, 11) is 1.58. The van der Waals surface area contributed by atoms with Gasteiger partial charge in [0.1, 0.15) is 0 Å². The molecule has 0 saturated carbocycles. The van der Waals surface area contributed by atoms with Gasteiger partial charge in [-0.1, -0.05) is 52.3 Å². The number of hydrogen-bond donors (Lipinski definition) is 1. The number of halogens is 1. The Morgan fingerprint density at radius 3 is 2.63 bits per heavy atom. The fraction of sp³-hybridized carbons (Fsp3) is 0.0500. The second-order valence-electron chi connectivity index (χ2n) is 5.79. The van der Waals surface area contributed by atoms with Crippen molar-refractivity contribution in [1.82, 2.24) is 14.6 Å². The number of benzene rings is 2. The number of aromatic nitrogens is 3. The fourth-order valence-electron chi connectivity index (χ4n) is 2.78. The second kappa shape index (κ2) is 7.20. The molecule has 6 nitrogen and oxygen atoms in total. The normalized spacial score (nSPS) is 10.7. The maximum absolute atomic E-state index is 12.5. The van der Waals surface area contributed by atoms with Crippen LogP contribution < -0.4 is 10.1 Å². The molecular weight excluding hydrogens is 408 g/mol. The molecular formula is C20H15BrN4O2. The fourth-order valence-corrected chi connectivity index (χ4v) is 3.18. The predicted molar refractivity (Wildman–Crippen MR) is 107 cm³/mol. The van der Waals surface area contributed by atoms with Crippen molar-refractivity contribution < 1.29 is 9.53 Å². The summed E-state index contributed by atoms with van der Waals surface area (Å²) in [5, 5.41) is 7.21. The van der Waals surface area contributed by atoms with Gasteiger partial charge in [-0.25, -0.2) is 4.52 Å². The monoisotopic (exact) mass is 422 g/mol. The Kier molecular flexibility index (Phi) is 4.60. The van der Waals surface area contributed by atoms with Crippen molar-refractivity contribution in [3.05, 3.63) is 76.8 Å². The molecule has 2 heterocycles. The van der Waals surface area contributed by atoms with Gasteiger partial charge in [0.25, 0.3) is 5.91 Å². The maximum atomic E-state index is 12.5. The van der Waals surface area contributed by atoms with E-state index in [1.54, 1.807) is 29.8 Å². The van der Waals surface area contributed by atoms with E-state index in [-0.39, 0.29) is 11.9 Å². The Morgan fingerprint density at radius 1 is 1.07 bits per heavy atom. The zero-order valence-corrected chi connectivity index (χ0v) is 16.0. The molecule has 7 heteroatoms. The Balaban J connectivity index is 1.76. The number of amides is 1. The van der Waals surface area contributed by atoms with Crippen molar-refractivity contribution in [3.8, 4) is 17.0 Å². The Bertz CT molecular complexity index is 1130. The summed E-state index contributed by atoms with van der Waals surface area (Å²) in [6, 6.07) is 20.7. The minimum atomic E-state index is -0.285. The van der Waals surface area contributed by atoms with E-state index in [2.05, 4.69) is 31.3 Å². The number of anilines is 1. The molecule has 4 rings (SSSR count). The van der Waals surface area contributed by atoms with Crippen LogP contribution in [0.2, 0.25) is 0 Å². The number of nitrogens with one attached hydrogen (secondary N) is 1. The average molecular weight is 423 g/mol. The lowest BCUT2D eigenvalue weighted by Gasteiger charge is -2.06. The van der Waals surface area contributed by atoms with Crippen LogP contribution in [0.1, 0.15) is 10.4 Å². The minimum Gasteiger partial charge on any atom is -0.493 e. The van der Waals surface area contributed by atoms with Crippen LogP contribution in [0.4, 0.5) is 5.95 Å². The van der Waals surface area contributed by atoms with E-state index in [1.807, 2.05) is 48.5 Å². The third-order valence-electron chi connectivity index (χ3n) is 4.05. The largest absolute Gasteiger partial charge is 0.493 e. The van der Waals surface area contributed by atoms with Crippen molar-refractivity contribution in [1.29, 1.82) is 0 Å². The molecule has 4 aromatic rings. The molecule has 2 aromatic carbocycles. The van der Waals surface area contributed by atoms with Gasteiger partial charge in [0.05, 0.1) is 12.8 Å². The van der Waals surface area contributed by atoms with Crippen molar-refractivity contribution in [2.45, 2.75) is 0 Å². The van der Waals surface area contributed by atoms with Crippen molar-refractivity contribution in [2.75, 3.05) is 12.4 Å². The van der Waals surface area contributed by atoms with E-state index < -0.39 is 0 Å². The Labute approximate surface area is 163 Å². The van der Waals surface area contributed by atoms with E-state index in [0.717, 1.165) is 15.7 Å². The molecule has 0 saturated heterocycles. The van der Waals surface area contributed by atoms with E-state index in [1.165, 1.54) is 0 Å². The van der Waals surface area contributed by atoms with Gasteiger partial charge in [0, 0.05) is 15.6 Å². The van der Waals surface area contributed by atoms with Gasteiger partial charge in [-0.15, -0.1) is 5.10 Å². The molecule has 0 bridgehead atoms. The lowest BCUT2D eigenvalue weighted by Crippen LogP contribution is -2.13. The van der Waals surface area contributed by atoms with Gasteiger partial charge >= 0.3 is 0 Å². The van der Waals surface area contributed by atoms with Crippen molar-refractivity contribution in [2.24, 2.45) is 0 Å². The molecule has 0 fully saturated rings. The average Bonchev–Trinajstić information content (AvgIpc) is 3.11. The molecule has 0 aliphatic rings. The van der Waals surface area contributed by atoms with Gasteiger partial charge in [-0.05, 0) is 30.3 Å². The van der Waals surface area contributed by atoms with Crippen LogP contribution in [0.25, 0.3) is 16.9 Å². The number of carbonyl (C=O) groups is 1. The number of nitrogens with zero attached hydrogens (tertiary/aromatic N) is 3. The minimum absolute atomic E-state index is 0.210. The highest BCUT2D eigenvalue weighted by molar-refractivity contribution is 9.10. The van der Waals surface area contributed by atoms with Gasteiger partial charge in [0.2, 0.25) is 5.95 Å². The van der Waals surface area contributed by atoms with E-state index >= 15 is 0 Å². The highest BCUT2D eigenvalue weighted by atomic mass is 79.9. The summed E-state index contributed by atoms with van der Waals surface area (Å²) in [4.78, 5) is 16.9. The van der Waals surface area contributed by atoms with Crippen LogP contribution in [0.3, 0.4) is 0 Å². The lowest BCUT2D eigenvalue weighted by atomic mass is 10.1. The molecule has 0 unspecified atom stereocenters. The lowest BCUT2D eigenvalue weighted by molar-refractivity contribution is 0.102. The van der Waals surface area contributed by atoms with Crippen LogP contribution >= 0.6 is 15.9 Å². The Hall–Kier alpha value is -3.19. The quantitative estimate of drug-likeness (QED) is 0.528. The zero-order chi connectivity index (χ0) is 18.8. The third kappa shape index (κ3) is 3.41. The molecule has 0 spiro atoms. The molecule has 0 aliphatic carbocycles. The van der Waals surface area contributed by atoms with Crippen LogP contribution in [0, 0.1) is 0 Å². The number of pyridine rings is 1. The number of carbonyl (C=O) groups excluding carboxylic acids is 1. The standard InChI is InChI=1S/C20H15BrN4O2/c1-27-17-11-10-16(13-6-3-2-4-7-13)25-18(17)22-20(24-25)23-19(26)14-8-5-9-15(21)12-14/h2-12H,1H3,(H,23,24,26). The second-order valence-corrected chi connectivity index (χ2v) is 6.70. The molecule has 1 amide bonds. The first-order chi connectivity index (χ1) is 13.2. The van der Waals surface area contributed by atoms with Crippen LogP contribution in [-0.4, -0.2) is 27.6 Å².